The van der Waals surface area contributed by atoms with Gasteiger partial charge in [0.15, 0.2) is 5.78 Å². The lowest BCUT2D eigenvalue weighted by molar-refractivity contribution is 0.101. The zero-order chi connectivity index (χ0) is 16.2. The number of carbonyl (C=O) groups excluding carboxylic acids is 2. The number of nitrogens with one attached hydrogen (secondary N) is 3. The second kappa shape index (κ2) is 6.52. The van der Waals surface area contributed by atoms with Crippen molar-refractivity contribution in [3.05, 3.63) is 54.1 Å². The molecular formula is C18H19N3O2. The van der Waals surface area contributed by atoms with Crippen molar-refractivity contribution in [1.82, 2.24) is 5.32 Å². The van der Waals surface area contributed by atoms with E-state index in [0.717, 1.165) is 29.9 Å². The van der Waals surface area contributed by atoms with Crippen molar-refractivity contribution in [2.75, 3.05) is 10.6 Å². The maximum absolute atomic E-state index is 11.7. The fraction of sp³-hybridized carbons (Fsp3) is 0.222. The number of rotatable bonds is 5. The minimum absolute atomic E-state index is 0.0369. The predicted octanol–water partition coefficient (Wildman–Crippen LogP) is 3.92. The number of amides is 2. The summed E-state index contributed by atoms with van der Waals surface area (Å²) in [6, 6.07) is 15.0. The Bertz CT molecular complexity index is 721. The van der Waals surface area contributed by atoms with Gasteiger partial charge in [-0.1, -0.05) is 12.1 Å². The number of carbonyl (C=O) groups is 2. The van der Waals surface area contributed by atoms with Gasteiger partial charge in [-0.05, 0) is 56.2 Å². The molecule has 0 aliphatic heterocycles. The first-order valence-electron chi connectivity index (χ1n) is 7.66. The van der Waals surface area contributed by atoms with Gasteiger partial charge in [-0.25, -0.2) is 4.79 Å². The van der Waals surface area contributed by atoms with E-state index in [-0.39, 0.29) is 11.8 Å². The maximum Gasteiger partial charge on any atom is 0.319 e. The Kier molecular flexibility index (Phi) is 4.28. The number of benzene rings is 2. The second-order valence-electron chi connectivity index (χ2n) is 5.71. The minimum atomic E-state index is -0.164. The largest absolute Gasteiger partial charge is 0.356 e. The average Bonchev–Trinajstić information content (AvgIpc) is 3.33. The van der Waals surface area contributed by atoms with Gasteiger partial charge in [0.25, 0.3) is 0 Å². The first-order chi connectivity index (χ1) is 11.1. The van der Waals surface area contributed by atoms with E-state index in [9.17, 15) is 9.59 Å². The van der Waals surface area contributed by atoms with Gasteiger partial charge in [0.2, 0.25) is 0 Å². The molecule has 0 saturated heterocycles. The third kappa shape index (κ3) is 4.32. The molecule has 0 unspecified atom stereocenters. The Morgan fingerprint density at radius 1 is 0.957 bits per heavy atom. The summed E-state index contributed by atoms with van der Waals surface area (Å²) in [6.07, 6.45) is 2.13. The number of anilines is 3. The van der Waals surface area contributed by atoms with E-state index in [4.69, 9.17) is 0 Å². The highest BCUT2D eigenvalue weighted by Crippen LogP contribution is 2.21. The van der Waals surface area contributed by atoms with Crippen molar-refractivity contribution in [1.29, 1.82) is 0 Å². The van der Waals surface area contributed by atoms with Crippen LogP contribution in [0, 0.1) is 0 Å². The van der Waals surface area contributed by atoms with Crippen LogP contribution in [0.1, 0.15) is 30.1 Å². The summed E-state index contributed by atoms with van der Waals surface area (Å²) in [6.45, 7) is 1.55. The van der Waals surface area contributed by atoms with E-state index in [1.165, 1.54) is 0 Å². The van der Waals surface area contributed by atoms with Crippen molar-refractivity contribution in [2.45, 2.75) is 25.8 Å². The van der Waals surface area contributed by atoms with Gasteiger partial charge in [-0.2, -0.15) is 0 Å². The lowest BCUT2D eigenvalue weighted by Crippen LogP contribution is -2.30. The first-order valence-corrected chi connectivity index (χ1v) is 7.66. The summed E-state index contributed by atoms with van der Waals surface area (Å²) in [7, 11) is 0. The molecule has 3 rings (SSSR count). The molecule has 0 heterocycles. The molecule has 1 aliphatic carbocycles. The molecule has 5 heteroatoms. The van der Waals surface area contributed by atoms with Gasteiger partial charge in [-0.15, -0.1) is 0 Å². The molecule has 3 N–H and O–H groups in total. The molecule has 1 aliphatic rings. The lowest BCUT2D eigenvalue weighted by Gasteiger charge is -2.10. The molecule has 23 heavy (non-hydrogen) atoms. The van der Waals surface area contributed by atoms with Crippen molar-refractivity contribution < 1.29 is 9.59 Å². The van der Waals surface area contributed by atoms with E-state index in [1.54, 1.807) is 13.0 Å². The fourth-order valence-electron chi connectivity index (χ4n) is 2.20. The summed E-state index contributed by atoms with van der Waals surface area (Å²) >= 11 is 0. The maximum atomic E-state index is 11.7. The van der Waals surface area contributed by atoms with Crippen LogP contribution in [0.2, 0.25) is 0 Å². The Balaban J connectivity index is 1.61. The van der Waals surface area contributed by atoms with Crippen molar-refractivity contribution in [2.24, 2.45) is 0 Å². The molecule has 0 radical (unpaired) electrons. The average molecular weight is 309 g/mol. The molecule has 2 aromatic carbocycles. The molecule has 1 fully saturated rings. The van der Waals surface area contributed by atoms with Gasteiger partial charge in [-0.3, -0.25) is 4.79 Å². The quantitative estimate of drug-likeness (QED) is 0.733. The van der Waals surface area contributed by atoms with Crippen LogP contribution in [-0.4, -0.2) is 17.9 Å². The summed E-state index contributed by atoms with van der Waals surface area (Å²) < 4.78 is 0. The van der Waals surface area contributed by atoms with Gasteiger partial charge >= 0.3 is 6.03 Å². The molecule has 0 aromatic heterocycles. The third-order valence-electron chi connectivity index (χ3n) is 3.61. The molecule has 118 valence electrons. The standard InChI is InChI=1S/C18H19N3O2/c1-12(22)13-3-2-4-17(11-13)19-14-5-7-15(8-6-14)20-18(23)21-16-9-10-16/h2-8,11,16,19H,9-10H2,1H3,(H2,20,21,23). The van der Waals surface area contributed by atoms with Crippen LogP contribution in [-0.2, 0) is 0 Å². The van der Waals surface area contributed by atoms with E-state index in [0.29, 0.717) is 11.6 Å². The summed E-state index contributed by atoms with van der Waals surface area (Å²) in [5.74, 6) is 0.0369. The molecular weight excluding hydrogens is 290 g/mol. The second-order valence-corrected chi connectivity index (χ2v) is 5.71. The zero-order valence-corrected chi connectivity index (χ0v) is 12.9. The third-order valence-corrected chi connectivity index (χ3v) is 3.61. The summed E-state index contributed by atoms with van der Waals surface area (Å²) in [5, 5.41) is 8.92. The monoisotopic (exact) mass is 309 g/mol. The molecule has 2 amide bonds. The van der Waals surface area contributed by atoms with Crippen LogP contribution in [0.25, 0.3) is 0 Å². The fourth-order valence-corrected chi connectivity index (χ4v) is 2.20. The molecule has 0 atom stereocenters. The smallest absolute Gasteiger partial charge is 0.319 e. The molecule has 1 saturated carbocycles. The number of hydrogen-bond donors (Lipinski definition) is 3. The van der Waals surface area contributed by atoms with Gasteiger partial charge < -0.3 is 16.0 Å². The van der Waals surface area contributed by atoms with Crippen molar-refractivity contribution >= 4 is 28.9 Å². The first kappa shape index (κ1) is 15.1. The highest BCUT2D eigenvalue weighted by Gasteiger charge is 2.23. The minimum Gasteiger partial charge on any atom is -0.356 e. The Hall–Kier alpha value is -2.82. The Morgan fingerprint density at radius 3 is 2.30 bits per heavy atom. The van der Waals surface area contributed by atoms with Gasteiger partial charge in [0.1, 0.15) is 0 Å². The number of urea groups is 1. The Morgan fingerprint density at radius 2 is 1.65 bits per heavy atom. The van der Waals surface area contributed by atoms with Crippen LogP contribution < -0.4 is 16.0 Å². The summed E-state index contributed by atoms with van der Waals surface area (Å²) in [5.41, 5.74) is 3.15. The van der Waals surface area contributed by atoms with Crippen LogP contribution >= 0.6 is 0 Å². The zero-order valence-electron chi connectivity index (χ0n) is 12.9. The highest BCUT2D eigenvalue weighted by atomic mass is 16.2. The van der Waals surface area contributed by atoms with Crippen LogP contribution in [0.3, 0.4) is 0 Å². The SMILES string of the molecule is CC(=O)c1cccc(Nc2ccc(NC(=O)NC3CC3)cc2)c1. The number of hydrogen-bond acceptors (Lipinski definition) is 3. The Labute approximate surface area is 135 Å². The highest BCUT2D eigenvalue weighted by molar-refractivity contribution is 5.95. The molecule has 0 spiro atoms. The molecule has 2 aromatic rings. The van der Waals surface area contributed by atoms with E-state index in [2.05, 4.69) is 16.0 Å². The molecule has 5 nitrogen and oxygen atoms in total. The van der Waals surface area contributed by atoms with Crippen molar-refractivity contribution in [3.8, 4) is 0 Å². The molecule has 0 bridgehead atoms. The predicted molar refractivity (Wildman–Crippen MR) is 91.3 cm³/mol. The van der Waals surface area contributed by atoms with Crippen molar-refractivity contribution in [3.63, 3.8) is 0 Å². The van der Waals surface area contributed by atoms with E-state index >= 15 is 0 Å². The normalized spacial score (nSPS) is 13.3. The summed E-state index contributed by atoms with van der Waals surface area (Å²) in [4.78, 5) is 23.1. The van der Waals surface area contributed by atoms with Crippen LogP contribution in [0.15, 0.2) is 48.5 Å². The van der Waals surface area contributed by atoms with Crippen LogP contribution in [0.4, 0.5) is 21.9 Å². The lowest BCUT2D eigenvalue weighted by atomic mass is 10.1. The topological polar surface area (TPSA) is 70.2 Å². The van der Waals surface area contributed by atoms with Crippen LogP contribution in [0.5, 0.6) is 0 Å². The van der Waals surface area contributed by atoms with Gasteiger partial charge in [0, 0.05) is 28.7 Å². The van der Waals surface area contributed by atoms with E-state index in [1.807, 2.05) is 42.5 Å². The number of Topliss-reactive ketones (excluding diaryl/α,β-unsaturated/α-hetero) is 1. The van der Waals surface area contributed by atoms with E-state index < -0.39 is 0 Å². The van der Waals surface area contributed by atoms with Gasteiger partial charge in [0.05, 0.1) is 0 Å². The number of ketones is 1.